The number of β-amino-alcohol motifs (C(OH)–C–C–N with tert-alkyl or cyclic N) is 1. The first-order valence-corrected chi connectivity index (χ1v) is 13.7. The summed E-state index contributed by atoms with van der Waals surface area (Å²) in [6.07, 6.45) is 8.52. The zero-order chi connectivity index (χ0) is 25.6. The molecule has 6 rings (SSSR count). The van der Waals surface area contributed by atoms with Crippen LogP contribution in [0.2, 0.25) is 0 Å². The molecule has 2 aliphatic rings. The van der Waals surface area contributed by atoms with Gasteiger partial charge < -0.3 is 14.8 Å². The monoisotopic (exact) mass is 514 g/mol. The third kappa shape index (κ3) is 4.35. The Morgan fingerprint density at radius 2 is 1.84 bits per heavy atom. The SMILES string of the molecule is N#CC1(c2ccc(N[C@@H]3CCN(S(=O)(=O)c4ccc(-c5ccc6nccn6c5)cc4)C[C@@H]3O)nc2)CC1. The van der Waals surface area contributed by atoms with Crippen molar-refractivity contribution in [1.29, 1.82) is 5.26 Å². The van der Waals surface area contributed by atoms with E-state index in [1.807, 2.05) is 41.1 Å². The van der Waals surface area contributed by atoms with Crippen molar-refractivity contribution < 1.29 is 13.5 Å². The number of rotatable bonds is 6. The maximum Gasteiger partial charge on any atom is 0.243 e. The van der Waals surface area contributed by atoms with E-state index in [9.17, 15) is 18.8 Å². The summed E-state index contributed by atoms with van der Waals surface area (Å²) in [6.45, 7) is 0.278. The van der Waals surface area contributed by atoms with Crippen molar-refractivity contribution in [2.24, 2.45) is 0 Å². The first-order valence-electron chi connectivity index (χ1n) is 12.2. The van der Waals surface area contributed by atoms with Crippen LogP contribution >= 0.6 is 0 Å². The molecule has 2 fully saturated rings. The Labute approximate surface area is 215 Å². The van der Waals surface area contributed by atoms with Crippen LogP contribution in [0.1, 0.15) is 24.8 Å². The molecule has 4 heterocycles. The number of benzene rings is 1. The molecule has 1 aliphatic heterocycles. The molecule has 0 unspecified atom stereocenters. The van der Waals surface area contributed by atoms with Crippen LogP contribution in [0.3, 0.4) is 0 Å². The summed E-state index contributed by atoms with van der Waals surface area (Å²) < 4.78 is 29.8. The van der Waals surface area contributed by atoms with E-state index >= 15 is 0 Å². The van der Waals surface area contributed by atoms with Gasteiger partial charge in [-0.05, 0) is 66.3 Å². The van der Waals surface area contributed by atoms with E-state index in [1.165, 1.54) is 4.31 Å². The van der Waals surface area contributed by atoms with Gasteiger partial charge in [0.1, 0.15) is 11.5 Å². The minimum absolute atomic E-state index is 0.00528. The predicted octanol–water partition coefficient (Wildman–Crippen LogP) is 3.19. The molecule has 0 amide bonds. The third-order valence-corrected chi connectivity index (χ3v) is 9.25. The van der Waals surface area contributed by atoms with Crippen LogP contribution in [0.15, 0.2) is 78.2 Å². The molecule has 4 aromatic rings. The zero-order valence-electron chi connectivity index (χ0n) is 20.0. The number of piperidine rings is 1. The van der Waals surface area contributed by atoms with Crippen molar-refractivity contribution in [2.75, 3.05) is 18.4 Å². The number of nitrogens with one attached hydrogen (secondary N) is 1. The topological polar surface area (TPSA) is 124 Å². The second kappa shape index (κ2) is 8.95. The molecular formula is C27H26N6O3S. The predicted molar refractivity (Wildman–Crippen MR) is 138 cm³/mol. The van der Waals surface area contributed by atoms with Gasteiger partial charge in [0, 0.05) is 37.9 Å². The molecule has 188 valence electrons. The molecule has 1 saturated heterocycles. The van der Waals surface area contributed by atoms with E-state index in [-0.39, 0.29) is 24.0 Å². The molecule has 0 radical (unpaired) electrons. The van der Waals surface area contributed by atoms with Gasteiger partial charge in [0.25, 0.3) is 0 Å². The first-order chi connectivity index (χ1) is 17.9. The lowest BCUT2D eigenvalue weighted by atomic mass is 10.00. The zero-order valence-corrected chi connectivity index (χ0v) is 20.8. The molecule has 0 bridgehead atoms. The number of aliphatic hydroxyl groups excluding tert-OH is 1. The Hall–Kier alpha value is -3.78. The highest BCUT2D eigenvalue weighted by Crippen LogP contribution is 2.47. The second-order valence-electron chi connectivity index (χ2n) is 9.73. The average molecular weight is 515 g/mol. The molecule has 37 heavy (non-hydrogen) atoms. The molecule has 2 atom stereocenters. The van der Waals surface area contributed by atoms with Gasteiger partial charge in [-0.15, -0.1) is 0 Å². The van der Waals surface area contributed by atoms with Crippen LogP contribution in [-0.2, 0) is 15.4 Å². The number of nitriles is 1. The molecule has 9 nitrogen and oxygen atoms in total. The molecular weight excluding hydrogens is 488 g/mol. The number of hydrogen-bond donors (Lipinski definition) is 2. The summed E-state index contributed by atoms with van der Waals surface area (Å²) in [5.74, 6) is 0.599. The quantitative estimate of drug-likeness (QED) is 0.405. The molecule has 3 aromatic heterocycles. The van der Waals surface area contributed by atoms with Crippen LogP contribution in [-0.4, -0.2) is 57.4 Å². The molecule has 1 saturated carbocycles. The van der Waals surface area contributed by atoms with Crippen molar-refractivity contribution in [1.82, 2.24) is 18.7 Å². The summed E-state index contributed by atoms with van der Waals surface area (Å²) in [6, 6.07) is 16.4. The Bertz CT molecular complexity index is 1590. The highest BCUT2D eigenvalue weighted by Gasteiger charge is 2.45. The normalized spacial score (nSPS) is 21.4. The minimum Gasteiger partial charge on any atom is -0.390 e. The van der Waals surface area contributed by atoms with Gasteiger partial charge in [-0.3, -0.25) is 0 Å². The number of imidazole rings is 1. The lowest BCUT2D eigenvalue weighted by molar-refractivity contribution is 0.0949. The number of aliphatic hydroxyl groups is 1. The molecule has 0 spiro atoms. The van der Waals surface area contributed by atoms with Gasteiger partial charge in [-0.25, -0.2) is 18.4 Å². The Balaban J connectivity index is 1.11. The van der Waals surface area contributed by atoms with Crippen molar-refractivity contribution >= 4 is 21.5 Å². The highest BCUT2D eigenvalue weighted by molar-refractivity contribution is 7.89. The summed E-state index contributed by atoms with van der Waals surface area (Å²) >= 11 is 0. The van der Waals surface area contributed by atoms with Gasteiger partial charge in [0.2, 0.25) is 10.0 Å². The van der Waals surface area contributed by atoms with Crippen molar-refractivity contribution in [3.8, 4) is 17.2 Å². The van der Waals surface area contributed by atoms with Gasteiger partial charge in [-0.2, -0.15) is 9.57 Å². The molecule has 1 aromatic carbocycles. The van der Waals surface area contributed by atoms with E-state index in [0.717, 1.165) is 35.2 Å². The highest BCUT2D eigenvalue weighted by atomic mass is 32.2. The van der Waals surface area contributed by atoms with Gasteiger partial charge >= 0.3 is 0 Å². The third-order valence-electron chi connectivity index (χ3n) is 7.37. The van der Waals surface area contributed by atoms with Crippen molar-refractivity contribution in [3.63, 3.8) is 0 Å². The number of hydrogen-bond acceptors (Lipinski definition) is 7. The van der Waals surface area contributed by atoms with Crippen LogP contribution in [0.5, 0.6) is 0 Å². The van der Waals surface area contributed by atoms with E-state index in [4.69, 9.17) is 0 Å². The van der Waals surface area contributed by atoms with Gasteiger partial charge in [-0.1, -0.05) is 18.2 Å². The standard InChI is InChI=1S/C27H26N6O3S/c28-18-27(10-11-27)21-4-7-25(30-15-21)31-23-9-13-33(17-24(23)34)37(35,36)22-5-1-19(2-6-22)20-3-8-26-29-12-14-32(26)16-20/h1-8,12,14-16,23-24,34H,9-11,13,17H2,(H,30,31)/t23-,24+/m1/s1. The summed E-state index contributed by atoms with van der Waals surface area (Å²) in [5.41, 5.74) is 3.22. The van der Waals surface area contributed by atoms with E-state index in [0.29, 0.717) is 12.2 Å². The summed E-state index contributed by atoms with van der Waals surface area (Å²) in [4.78, 5) is 8.85. The number of aromatic nitrogens is 3. The lowest BCUT2D eigenvalue weighted by Gasteiger charge is -2.35. The van der Waals surface area contributed by atoms with Gasteiger partial charge in [0.05, 0.1) is 28.5 Å². The molecule has 10 heteroatoms. The Morgan fingerprint density at radius 3 is 2.51 bits per heavy atom. The smallest absolute Gasteiger partial charge is 0.243 e. The van der Waals surface area contributed by atoms with Crippen LogP contribution in [0.4, 0.5) is 5.82 Å². The van der Waals surface area contributed by atoms with Crippen molar-refractivity contribution in [2.45, 2.75) is 41.7 Å². The van der Waals surface area contributed by atoms with Gasteiger partial charge in [0.15, 0.2) is 0 Å². The first kappa shape index (κ1) is 23.6. The molecule has 2 N–H and O–H groups in total. The fraction of sp³-hybridized carbons (Fsp3) is 0.296. The van der Waals surface area contributed by atoms with Crippen LogP contribution in [0.25, 0.3) is 16.8 Å². The average Bonchev–Trinajstić information content (AvgIpc) is 3.59. The maximum absolute atomic E-state index is 13.3. The van der Waals surface area contributed by atoms with E-state index < -0.39 is 21.5 Å². The Kier molecular flexibility index (Phi) is 5.71. The number of pyridine rings is 2. The summed E-state index contributed by atoms with van der Waals surface area (Å²) in [7, 11) is -3.75. The lowest BCUT2D eigenvalue weighted by Crippen LogP contribution is -2.51. The second-order valence-corrected chi connectivity index (χ2v) is 11.7. The van der Waals surface area contributed by atoms with Crippen LogP contribution in [0, 0.1) is 11.3 Å². The molecule has 1 aliphatic carbocycles. The van der Waals surface area contributed by atoms with Crippen LogP contribution < -0.4 is 5.32 Å². The van der Waals surface area contributed by atoms with E-state index in [2.05, 4.69) is 21.4 Å². The van der Waals surface area contributed by atoms with Crippen molar-refractivity contribution in [3.05, 3.63) is 78.9 Å². The number of sulfonamides is 1. The maximum atomic E-state index is 13.3. The minimum atomic E-state index is -3.75. The number of anilines is 1. The fourth-order valence-corrected chi connectivity index (χ4v) is 6.36. The largest absolute Gasteiger partial charge is 0.390 e. The number of fused-ring (bicyclic) bond motifs is 1. The number of nitrogens with zero attached hydrogens (tertiary/aromatic N) is 5. The summed E-state index contributed by atoms with van der Waals surface area (Å²) in [5, 5.41) is 23.3. The Morgan fingerprint density at radius 1 is 1.05 bits per heavy atom. The van der Waals surface area contributed by atoms with E-state index in [1.54, 1.807) is 36.7 Å². The fourth-order valence-electron chi connectivity index (χ4n) is 4.89.